The number of hydrogen-bond acceptors (Lipinski definition) is 3. The molecular formula is C19H20N4O. The number of rotatable bonds is 3. The monoisotopic (exact) mass is 320 g/mol. The van der Waals surface area contributed by atoms with E-state index < -0.39 is 0 Å². The predicted molar refractivity (Wildman–Crippen MR) is 95.9 cm³/mol. The number of hydrogen-bond donors (Lipinski definition) is 1. The molecule has 0 radical (unpaired) electrons. The number of aryl methyl sites for hydroxylation is 1. The molecule has 1 aromatic carbocycles. The SMILES string of the molecule is CCN1CCc2ccc(NC(=O)c3cn4ccc(C)cc4n3)cc21. The Bertz CT molecular complexity index is 928. The number of carbonyl (C=O) groups excluding carboxylic acids is 1. The van der Waals surface area contributed by atoms with Crippen LogP contribution in [0.3, 0.4) is 0 Å². The largest absolute Gasteiger partial charge is 0.371 e. The molecule has 0 saturated heterocycles. The van der Waals surface area contributed by atoms with E-state index in [-0.39, 0.29) is 5.91 Å². The molecule has 0 saturated carbocycles. The third kappa shape index (κ3) is 2.52. The van der Waals surface area contributed by atoms with Crippen molar-refractivity contribution < 1.29 is 4.79 Å². The minimum Gasteiger partial charge on any atom is -0.371 e. The molecule has 0 fully saturated rings. The summed E-state index contributed by atoms with van der Waals surface area (Å²) in [5.41, 5.74) is 5.71. The second kappa shape index (κ2) is 5.67. The Kier molecular flexibility index (Phi) is 3.49. The molecule has 3 aromatic rings. The summed E-state index contributed by atoms with van der Waals surface area (Å²) in [6, 6.07) is 10.1. The molecule has 1 aliphatic heterocycles. The van der Waals surface area contributed by atoms with Crippen LogP contribution >= 0.6 is 0 Å². The summed E-state index contributed by atoms with van der Waals surface area (Å²) in [6.07, 6.45) is 4.75. The van der Waals surface area contributed by atoms with E-state index in [0.717, 1.165) is 36.4 Å². The highest BCUT2D eigenvalue weighted by Crippen LogP contribution is 2.30. The van der Waals surface area contributed by atoms with E-state index in [2.05, 4.69) is 34.3 Å². The summed E-state index contributed by atoms with van der Waals surface area (Å²) < 4.78 is 1.86. The minimum absolute atomic E-state index is 0.183. The van der Waals surface area contributed by atoms with Crippen LogP contribution in [0, 0.1) is 6.92 Å². The first kappa shape index (κ1) is 14.8. The molecule has 3 heterocycles. The lowest BCUT2D eigenvalue weighted by Crippen LogP contribution is -2.19. The first-order chi connectivity index (χ1) is 11.6. The van der Waals surface area contributed by atoms with Gasteiger partial charge in [-0.1, -0.05) is 6.07 Å². The van der Waals surface area contributed by atoms with Crippen LogP contribution in [-0.4, -0.2) is 28.4 Å². The molecule has 1 N–H and O–H groups in total. The van der Waals surface area contributed by atoms with Crippen LogP contribution in [0.25, 0.3) is 5.65 Å². The standard InChI is InChI=1S/C19H20N4O/c1-3-22-9-7-14-4-5-15(11-17(14)22)20-19(24)16-12-23-8-6-13(2)10-18(23)21-16/h4-6,8,10-12H,3,7,9H2,1-2H3,(H,20,24). The van der Waals surface area contributed by atoms with Crippen LogP contribution in [0.1, 0.15) is 28.5 Å². The van der Waals surface area contributed by atoms with Crippen molar-refractivity contribution in [2.24, 2.45) is 0 Å². The van der Waals surface area contributed by atoms with Gasteiger partial charge in [0, 0.05) is 36.9 Å². The summed E-state index contributed by atoms with van der Waals surface area (Å²) in [5, 5.41) is 2.97. The van der Waals surface area contributed by atoms with Gasteiger partial charge in [0.15, 0.2) is 0 Å². The van der Waals surface area contributed by atoms with Crippen LogP contribution in [-0.2, 0) is 6.42 Å². The van der Waals surface area contributed by atoms with Crippen LogP contribution in [0.4, 0.5) is 11.4 Å². The first-order valence-corrected chi connectivity index (χ1v) is 8.28. The zero-order valence-corrected chi connectivity index (χ0v) is 13.9. The van der Waals surface area contributed by atoms with E-state index in [1.165, 1.54) is 11.3 Å². The van der Waals surface area contributed by atoms with Crippen LogP contribution in [0.2, 0.25) is 0 Å². The molecule has 0 aliphatic carbocycles. The second-order valence-electron chi connectivity index (χ2n) is 6.22. The number of amides is 1. The van der Waals surface area contributed by atoms with Crippen LogP contribution < -0.4 is 10.2 Å². The van der Waals surface area contributed by atoms with Crippen molar-refractivity contribution in [2.45, 2.75) is 20.3 Å². The average molecular weight is 320 g/mol. The molecule has 2 aromatic heterocycles. The number of benzene rings is 1. The third-order valence-corrected chi connectivity index (χ3v) is 4.56. The average Bonchev–Trinajstić information content (AvgIpc) is 3.17. The number of imidazole rings is 1. The van der Waals surface area contributed by atoms with Crippen molar-refractivity contribution in [3.05, 3.63) is 59.5 Å². The Morgan fingerprint density at radius 2 is 2.17 bits per heavy atom. The molecule has 1 amide bonds. The lowest BCUT2D eigenvalue weighted by Gasteiger charge is -2.17. The highest BCUT2D eigenvalue weighted by Gasteiger charge is 2.19. The van der Waals surface area contributed by atoms with Gasteiger partial charge in [-0.05, 0) is 55.7 Å². The topological polar surface area (TPSA) is 49.6 Å². The van der Waals surface area contributed by atoms with E-state index in [0.29, 0.717) is 5.69 Å². The summed E-state index contributed by atoms with van der Waals surface area (Å²) in [4.78, 5) is 19.3. The van der Waals surface area contributed by atoms with Crippen molar-refractivity contribution in [1.82, 2.24) is 9.38 Å². The molecule has 5 heteroatoms. The number of fused-ring (bicyclic) bond motifs is 2. The Labute approximate surface area is 140 Å². The number of nitrogens with zero attached hydrogens (tertiary/aromatic N) is 3. The molecule has 0 spiro atoms. The van der Waals surface area contributed by atoms with Gasteiger partial charge in [-0.25, -0.2) is 4.98 Å². The zero-order chi connectivity index (χ0) is 16.7. The fraction of sp³-hybridized carbons (Fsp3) is 0.263. The predicted octanol–water partition coefficient (Wildman–Crippen LogP) is 3.28. The Balaban J connectivity index is 1.59. The van der Waals surface area contributed by atoms with Crippen molar-refractivity contribution in [3.63, 3.8) is 0 Å². The summed E-state index contributed by atoms with van der Waals surface area (Å²) in [6.45, 7) is 6.20. The minimum atomic E-state index is -0.183. The van der Waals surface area contributed by atoms with E-state index in [4.69, 9.17) is 0 Å². The number of aromatic nitrogens is 2. The maximum atomic E-state index is 12.5. The maximum Gasteiger partial charge on any atom is 0.275 e. The van der Waals surface area contributed by atoms with Gasteiger partial charge in [0.2, 0.25) is 0 Å². The van der Waals surface area contributed by atoms with Crippen LogP contribution in [0.5, 0.6) is 0 Å². The Morgan fingerprint density at radius 1 is 1.29 bits per heavy atom. The van der Waals surface area contributed by atoms with Crippen molar-refractivity contribution in [2.75, 3.05) is 23.3 Å². The molecule has 5 nitrogen and oxygen atoms in total. The first-order valence-electron chi connectivity index (χ1n) is 8.28. The lowest BCUT2D eigenvalue weighted by molar-refractivity contribution is 0.102. The van der Waals surface area contributed by atoms with Gasteiger partial charge < -0.3 is 14.6 Å². The fourth-order valence-corrected chi connectivity index (χ4v) is 3.24. The molecule has 122 valence electrons. The van der Waals surface area contributed by atoms with Crippen molar-refractivity contribution >= 4 is 22.9 Å². The number of nitrogens with one attached hydrogen (secondary N) is 1. The number of pyridine rings is 1. The highest BCUT2D eigenvalue weighted by molar-refractivity contribution is 6.03. The van der Waals surface area contributed by atoms with Crippen molar-refractivity contribution in [1.29, 1.82) is 0 Å². The Morgan fingerprint density at radius 3 is 3.00 bits per heavy atom. The lowest BCUT2D eigenvalue weighted by atomic mass is 10.1. The fourth-order valence-electron chi connectivity index (χ4n) is 3.24. The summed E-state index contributed by atoms with van der Waals surface area (Å²) in [7, 11) is 0. The zero-order valence-electron chi connectivity index (χ0n) is 13.9. The van der Waals surface area contributed by atoms with Gasteiger partial charge in [0.25, 0.3) is 5.91 Å². The van der Waals surface area contributed by atoms with Gasteiger partial charge in [-0.2, -0.15) is 0 Å². The van der Waals surface area contributed by atoms with Gasteiger partial charge in [0.05, 0.1) is 0 Å². The number of anilines is 2. The Hall–Kier alpha value is -2.82. The highest BCUT2D eigenvalue weighted by atomic mass is 16.1. The second-order valence-corrected chi connectivity index (χ2v) is 6.22. The van der Waals surface area contributed by atoms with Gasteiger partial charge in [-0.15, -0.1) is 0 Å². The van der Waals surface area contributed by atoms with Gasteiger partial charge in [0.1, 0.15) is 11.3 Å². The van der Waals surface area contributed by atoms with Crippen molar-refractivity contribution in [3.8, 4) is 0 Å². The summed E-state index contributed by atoms with van der Waals surface area (Å²) >= 11 is 0. The molecule has 24 heavy (non-hydrogen) atoms. The van der Waals surface area contributed by atoms with Gasteiger partial charge in [-0.3, -0.25) is 4.79 Å². The van der Waals surface area contributed by atoms with E-state index >= 15 is 0 Å². The number of carbonyl (C=O) groups is 1. The van der Waals surface area contributed by atoms with Gasteiger partial charge >= 0.3 is 0 Å². The molecule has 0 atom stereocenters. The molecular weight excluding hydrogens is 300 g/mol. The van der Waals surface area contributed by atoms with E-state index in [1.807, 2.05) is 35.7 Å². The molecule has 0 bridgehead atoms. The quantitative estimate of drug-likeness (QED) is 0.806. The molecule has 0 unspecified atom stereocenters. The third-order valence-electron chi connectivity index (χ3n) is 4.56. The molecule has 4 rings (SSSR count). The van der Waals surface area contributed by atoms with Crippen LogP contribution in [0.15, 0.2) is 42.7 Å². The normalized spacial score (nSPS) is 13.3. The summed E-state index contributed by atoms with van der Waals surface area (Å²) in [5.74, 6) is -0.183. The number of likely N-dealkylation sites (N-methyl/N-ethyl adjacent to an activating group) is 1. The smallest absolute Gasteiger partial charge is 0.275 e. The molecule has 1 aliphatic rings. The maximum absolute atomic E-state index is 12.5. The van der Waals surface area contributed by atoms with E-state index in [1.54, 1.807) is 6.20 Å². The van der Waals surface area contributed by atoms with E-state index in [9.17, 15) is 4.79 Å².